The second-order valence-electron chi connectivity index (χ2n) is 13.3. The minimum Gasteiger partial charge on any atom is -0.481 e. The molecule has 0 aromatic rings. The van der Waals surface area contributed by atoms with Gasteiger partial charge < -0.3 is 15.3 Å². The third kappa shape index (κ3) is 4.43. The summed E-state index contributed by atoms with van der Waals surface area (Å²) < 4.78 is 0. The van der Waals surface area contributed by atoms with Gasteiger partial charge in [0.15, 0.2) is 0 Å². The summed E-state index contributed by atoms with van der Waals surface area (Å²) in [5, 5.41) is 29.1. The summed E-state index contributed by atoms with van der Waals surface area (Å²) in [7, 11) is 0. The van der Waals surface area contributed by atoms with Crippen LogP contribution < -0.4 is 0 Å². The number of carboxylic acid groups (broad SMARTS) is 3. The molecule has 2 fully saturated rings. The smallest absolute Gasteiger partial charge is 0.330 e. The number of hydrogen-bond donors (Lipinski definition) is 3. The minimum atomic E-state index is -1.01. The molecule has 6 nitrogen and oxygen atoms in total. The number of allylic oxidation sites excluding steroid dienone is 3. The topological polar surface area (TPSA) is 112 Å². The van der Waals surface area contributed by atoms with E-state index >= 15 is 0 Å². The predicted molar refractivity (Wildman–Crippen MR) is 139 cm³/mol. The van der Waals surface area contributed by atoms with E-state index in [1.54, 1.807) is 20.8 Å². The van der Waals surface area contributed by atoms with E-state index in [2.05, 4.69) is 26.8 Å². The molecule has 3 N–H and O–H groups in total. The van der Waals surface area contributed by atoms with Gasteiger partial charge in [0.1, 0.15) is 0 Å². The van der Waals surface area contributed by atoms with Crippen LogP contribution in [-0.2, 0) is 14.4 Å². The van der Waals surface area contributed by atoms with E-state index in [0.717, 1.165) is 44.9 Å². The number of carboxylic acids is 3. The largest absolute Gasteiger partial charge is 0.481 e. The van der Waals surface area contributed by atoms with Gasteiger partial charge in [0.25, 0.3) is 0 Å². The molecular weight excluding hydrogens is 456 g/mol. The van der Waals surface area contributed by atoms with Crippen molar-refractivity contribution in [3.8, 4) is 0 Å². The maximum Gasteiger partial charge on any atom is 0.330 e. The maximum atomic E-state index is 12.2. The van der Waals surface area contributed by atoms with Crippen LogP contribution in [0.1, 0.15) is 99.8 Å². The highest BCUT2D eigenvalue weighted by Gasteiger charge is 2.64. The normalized spacial score (nSPS) is 37.5. The SMILES string of the molecule is CC(=CCC[C@@H](C)[C@H]1CC[C@@]2(C)[C@@H]3CCC(C(C)(C)C(=O)O)[C@](C)(CC(=O)O)C3=CC[C@]12C)C(=O)O. The summed E-state index contributed by atoms with van der Waals surface area (Å²) >= 11 is 0. The average molecular weight is 503 g/mol. The Morgan fingerprint density at radius 1 is 1.08 bits per heavy atom. The molecule has 36 heavy (non-hydrogen) atoms. The predicted octanol–water partition coefficient (Wildman–Crippen LogP) is 6.80. The second kappa shape index (κ2) is 9.64. The highest BCUT2D eigenvalue weighted by Crippen LogP contribution is 2.72. The Balaban J connectivity index is 1.95. The van der Waals surface area contributed by atoms with Crippen molar-refractivity contribution in [2.45, 2.75) is 99.8 Å². The Morgan fingerprint density at radius 2 is 1.72 bits per heavy atom. The molecule has 3 rings (SSSR count). The summed E-state index contributed by atoms with van der Waals surface area (Å²) in [6, 6.07) is 0. The molecule has 0 aromatic heterocycles. The van der Waals surface area contributed by atoms with Crippen LogP contribution in [0.4, 0.5) is 0 Å². The van der Waals surface area contributed by atoms with Gasteiger partial charge in [0, 0.05) is 11.0 Å². The lowest BCUT2D eigenvalue weighted by Crippen LogP contribution is -2.55. The molecule has 0 saturated heterocycles. The van der Waals surface area contributed by atoms with Crippen LogP contribution in [0.25, 0.3) is 0 Å². The van der Waals surface area contributed by atoms with Crippen molar-refractivity contribution in [2.24, 2.45) is 45.3 Å². The molecular formula is C30H46O6. The van der Waals surface area contributed by atoms with Gasteiger partial charge in [-0.05, 0) is 100 Å². The summed E-state index contributed by atoms with van der Waals surface area (Å²) in [4.78, 5) is 35.5. The third-order valence-corrected chi connectivity index (χ3v) is 11.2. The van der Waals surface area contributed by atoms with Crippen LogP contribution in [0.5, 0.6) is 0 Å². The van der Waals surface area contributed by atoms with Crippen molar-refractivity contribution in [1.29, 1.82) is 0 Å². The molecule has 0 aliphatic heterocycles. The third-order valence-electron chi connectivity index (χ3n) is 11.2. The first kappa shape index (κ1) is 28.5. The molecule has 0 spiro atoms. The second-order valence-corrected chi connectivity index (χ2v) is 13.3. The zero-order chi connectivity index (χ0) is 27.3. The van der Waals surface area contributed by atoms with E-state index in [1.807, 2.05) is 13.0 Å². The van der Waals surface area contributed by atoms with Gasteiger partial charge in [-0.3, -0.25) is 9.59 Å². The Morgan fingerprint density at radius 3 is 2.28 bits per heavy atom. The fourth-order valence-corrected chi connectivity index (χ4v) is 8.81. The van der Waals surface area contributed by atoms with E-state index in [0.29, 0.717) is 17.4 Å². The first-order chi connectivity index (χ1) is 16.5. The molecule has 3 aliphatic rings. The van der Waals surface area contributed by atoms with Crippen molar-refractivity contribution in [3.05, 3.63) is 23.3 Å². The van der Waals surface area contributed by atoms with Crippen LogP contribution in [0.2, 0.25) is 0 Å². The van der Waals surface area contributed by atoms with E-state index in [4.69, 9.17) is 5.11 Å². The number of carbonyl (C=O) groups is 3. The van der Waals surface area contributed by atoms with Crippen molar-refractivity contribution in [1.82, 2.24) is 0 Å². The number of fused-ring (bicyclic) bond motifs is 3. The molecule has 2 saturated carbocycles. The van der Waals surface area contributed by atoms with Gasteiger partial charge >= 0.3 is 17.9 Å². The zero-order valence-electron chi connectivity index (χ0n) is 23.2. The molecule has 0 heterocycles. The van der Waals surface area contributed by atoms with E-state index in [-0.39, 0.29) is 29.1 Å². The Hall–Kier alpha value is -2.11. The van der Waals surface area contributed by atoms with Gasteiger partial charge in [0.05, 0.1) is 11.8 Å². The molecule has 0 radical (unpaired) electrons. The van der Waals surface area contributed by atoms with Gasteiger partial charge in [0.2, 0.25) is 0 Å². The van der Waals surface area contributed by atoms with Gasteiger partial charge in [-0.2, -0.15) is 0 Å². The molecule has 1 unspecified atom stereocenters. The van der Waals surface area contributed by atoms with Crippen molar-refractivity contribution < 1.29 is 29.7 Å². The summed E-state index contributed by atoms with van der Waals surface area (Å²) in [5.41, 5.74) is -0.0141. The molecule has 7 atom stereocenters. The summed E-state index contributed by atoms with van der Waals surface area (Å²) in [6.07, 6.45) is 10.5. The summed E-state index contributed by atoms with van der Waals surface area (Å²) in [5.74, 6) is -1.61. The monoisotopic (exact) mass is 502 g/mol. The van der Waals surface area contributed by atoms with E-state index in [1.165, 1.54) is 5.57 Å². The maximum absolute atomic E-state index is 12.2. The highest BCUT2D eigenvalue weighted by molar-refractivity contribution is 5.85. The van der Waals surface area contributed by atoms with E-state index < -0.39 is 28.7 Å². The average Bonchev–Trinajstić information content (AvgIpc) is 3.04. The zero-order valence-corrected chi connectivity index (χ0v) is 23.2. The molecule has 3 aliphatic carbocycles. The van der Waals surface area contributed by atoms with Gasteiger partial charge in [-0.15, -0.1) is 0 Å². The van der Waals surface area contributed by atoms with Crippen molar-refractivity contribution in [3.63, 3.8) is 0 Å². The Labute approximate surface area is 216 Å². The van der Waals surface area contributed by atoms with Crippen LogP contribution in [-0.4, -0.2) is 33.2 Å². The van der Waals surface area contributed by atoms with Crippen LogP contribution in [0.15, 0.2) is 23.3 Å². The lowest BCUT2D eigenvalue weighted by atomic mass is 9.43. The van der Waals surface area contributed by atoms with Gasteiger partial charge in [-0.25, -0.2) is 4.79 Å². The fourth-order valence-electron chi connectivity index (χ4n) is 8.81. The van der Waals surface area contributed by atoms with E-state index in [9.17, 15) is 24.6 Å². The van der Waals surface area contributed by atoms with Crippen molar-refractivity contribution in [2.75, 3.05) is 0 Å². The molecule has 202 valence electrons. The molecule has 0 aromatic carbocycles. The van der Waals surface area contributed by atoms with Crippen molar-refractivity contribution >= 4 is 17.9 Å². The lowest BCUT2D eigenvalue weighted by molar-refractivity contribution is -0.158. The Kier molecular flexibility index (Phi) is 7.62. The van der Waals surface area contributed by atoms with Gasteiger partial charge in [-0.1, -0.05) is 45.4 Å². The molecule has 0 bridgehead atoms. The minimum absolute atomic E-state index is 0.0287. The molecule has 6 heteroatoms. The number of aliphatic carboxylic acids is 3. The Bertz CT molecular complexity index is 976. The highest BCUT2D eigenvalue weighted by atomic mass is 16.4. The fraction of sp³-hybridized carbons (Fsp3) is 0.767. The first-order valence-electron chi connectivity index (χ1n) is 13.6. The van der Waals surface area contributed by atoms with Crippen LogP contribution >= 0.6 is 0 Å². The van der Waals surface area contributed by atoms with Crippen LogP contribution in [0, 0.1) is 45.3 Å². The standard InChI is InChI=1S/C30H46O6/c1-18(9-8-10-19(2)25(33)34)20-13-15-30(7)22-11-12-23(27(3,4)26(35)36)28(5,17-24(31)32)21(22)14-16-29(20,30)6/h10,14,18,20,22-23H,8-9,11-13,15-17H2,1-7H3,(H,31,32)(H,33,34)(H,35,36)/t18-,20-,22-,23?,28-,29-,30+/m1/s1. The van der Waals surface area contributed by atoms with Crippen LogP contribution in [0.3, 0.4) is 0 Å². The lowest BCUT2D eigenvalue weighted by Gasteiger charge is -2.61. The quantitative estimate of drug-likeness (QED) is 0.236. The molecule has 0 amide bonds. The number of hydrogen-bond acceptors (Lipinski definition) is 3. The first-order valence-corrected chi connectivity index (χ1v) is 13.6. The number of rotatable bonds is 9. The summed E-state index contributed by atoms with van der Waals surface area (Å²) in [6.45, 7) is 14.3.